The van der Waals surface area contributed by atoms with Crippen LogP contribution in [0, 0.1) is 0 Å². The number of benzene rings is 2. The summed E-state index contributed by atoms with van der Waals surface area (Å²) in [5.41, 5.74) is 3.68. The highest BCUT2D eigenvalue weighted by Gasteiger charge is 2.20. The molecule has 0 atom stereocenters. The van der Waals surface area contributed by atoms with Gasteiger partial charge in [-0.3, -0.25) is 4.79 Å². The van der Waals surface area contributed by atoms with Crippen LogP contribution in [0.25, 0.3) is 0 Å². The van der Waals surface area contributed by atoms with E-state index in [0.29, 0.717) is 5.75 Å². The topological polar surface area (TPSA) is 106 Å². The van der Waals surface area contributed by atoms with Crippen molar-refractivity contribution in [3.63, 3.8) is 0 Å². The molecule has 0 aliphatic rings. The van der Waals surface area contributed by atoms with E-state index in [2.05, 4.69) is 17.5 Å². The van der Waals surface area contributed by atoms with Crippen LogP contribution in [0.1, 0.15) is 41.3 Å². The summed E-state index contributed by atoms with van der Waals surface area (Å²) >= 11 is 0. The first kappa shape index (κ1) is 22.7. The molecule has 0 spiro atoms. The number of hydrogen-bond donors (Lipinski definition) is 2. The number of amides is 1. The van der Waals surface area contributed by atoms with Crippen LogP contribution in [0.2, 0.25) is 0 Å². The number of carbonyl (C=O) groups excluding carboxylic acids is 1. The molecule has 30 heavy (non-hydrogen) atoms. The van der Waals surface area contributed by atoms with E-state index < -0.39 is 11.9 Å². The lowest BCUT2D eigenvalue weighted by Gasteiger charge is -2.12. The number of unbranched alkanes of at least 4 members (excludes halogenated alkanes) is 1. The van der Waals surface area contributed by atoms with Crippen LogP contribution < -0.4 is 19.6 Å². The van der Waals surface area contributed by atoms with Crippen molar-refractivity contribution < 1.29 is 28.9 Å². The molecule has 0 bridgehead atoms. The van der Waals surface area contributed by atoms with Crippen LogP contribution in [-0.4, -0.2) is 44.0 Å². The van der Waals surface area contributed by atoms with Gasteiger partial charge in [0.2, 0.25) is 0 Å². The zero-order valence-corrected chi connectivity index (χ0v) is 17.3. The van der Waals surface area contributed by atoms with Gasteiger partial charge in [-0.15, -0.1) is 0 Å². The summed E-state index contributed by atoms with van der Waals surface area (Å²) in [6, 6.07) is 10.7. The highest BCUT2D eigenvalue weighted by atomic mass is 16.5. The zero-order chi connectivity index (χ0) is 21.9. The highest BCUT2D eigenvalue weighted by molar-refractivity contribution is 6.02. The van der Waals surface area contributed by atoms with Crippen molar-refractivity contribution in [2.45, 2.75) is 26.2 Å². The van der Waals surface area contributed by atoms with Gasteiger partial charge in [0.15, 0.2) is 18.1 Å². The summed E-state index contributed by atoms with van der Waals surface area (Å²) in [6.07, 6.45) is 4.51. The maximum absolute atomic E-state index is 11.9. The first-order chi connectivity index (χ1) is 14.5. The molecular weight excluding hydrogens is 388 g/mol. The Kier molecular flexibility index (Phi) is 8.68. The molecule has 2 aromatic carbocycles. The molecule has 8 nitrogen and oxygen atoms in total. The Balaban J connectivity index is 1.95. The molecule has 2 rings (SSSR count). The van der Waals surface area contributed by atoms with Crippen LogP contribution >= 0.6 is 0 Å². The zero-order valence-electron chi connectivity index (χ0n) is 17.3. The second kappa shape index (κ2) is 11.5. The normalized spacial score (nSPS) is 10.6. The smallest absolute Gasteiger partial charge is 0.340 e. The van der Waals surface area contributed by atoms with E-state index >= 15 is 0 Å². The molecule has 160 valence electrons. The van der Waals surface area contributed by atoms with E-state index in [4.69, 9.17) is 14.2 Å². The molecule has 0 aromatic heterocycles. The third kappa shape index (κ3) is 6.23. The summed E-state index contributed by atoms with van der Waals surface area (Å²) in [7, 11) is 2.76. The summed E-state index contributed by atoms with van der Waals surface area (Å²) in [5.74, 6) is -0.735. The van der Waals surface area contributed by atoms with Gasteiger partial charge in [0, 0.05) is 5.56 Å². The van der Waals surface area contributed by atoms with Gasteiger partial charge in [-0.05, 0) is 42.7 Å². The lowest BCUT2D eigenvalue weighted by molar-refractivity contribution is -0.123. The van der Waals surface area contributed by atoms with Gasteiger partial charge in [-0.2, -0.15) is 5.10 Å². The number of carboxylic acid groups (broad SMARTS) is 1. The molecular formula is C22H26N2O6. The number of carbonyl (C=O) groups is 2. The minimum absolute atomic E-state index is 0.0750. The van der Waals surface area contributed by atoms with Gasteiger partial charge in [-0.1, -0.05) is 25.5 Å². The van der Waals surface area contributed by atoms with E-state index in [9.17, 15) is 14.7 Å². The van der Waals surface area contributed by atoms with Crippen molar-refractivity contribution in [1.29, 1.82) is 0 Å². The summed E-state index contributed by atoms with van der Waals surface area (Å²) in [4.78, 5) is 23.5. The fourth-order valence-electron chi connectivity index (χ4n) is 2.76. The molecule has 1 amide bonds. The Bertz CT molecular complexity index is 893. The summed E-state index contributed by atoms with van der Waals surface area (Å²) in [6.45, 7) is 1.93. The van der Waals surface area contributed by atoms with Crippen molar-refractivity contribution in [2.24, 2.45) is 5.10 Å². The average molecular weight is 414 g/mol. The van der Waals surface area contributed by atoms with Crippen LogP contribution in [-0.2, 0) is 11.2 Å². The fourth-order valence-corrected chi connectivity index (χ4v) is 2.76. The lowest BCUT2D eigenvalue weighted by Crippen LogP contribution is -2.24. The summed E-state index contributed by atoms with van der Waals surface area (Å²) in [5, 5.41) is 13.3. The number of hydrogen-bond acceptors (Lipinski definition) is 6. The molecule has 0 heterocycles. The van der Waals surface area contributed by atoms with E-state index in [1.807, 2.05) is 24.3 Å². The summed E-state index contributed by atoms with van der Waals surface area (Å²) < 4.78 is 15.7. The van der Waals surface area contributed by atoms with Crippen molar-refractivity contribution in [3.8, 4) is 17.2 Å². The second-order valence-corrected chi connectivity index (χ2v) is 6.40. The number of nitrogens with one attached hydrogen (secondary N) is 1. The molecule has 0 aliphatic carbocycles. The van der Waals surface area contributed by atoms with Crippen molar-refractivity contribution in [3.05, 3.63) is 53.1 Å². The monoisotopic (exact) mass is 414 g/mol. The molecule has 0 unspecified atom stereocenters. The molecule has 0 aliphatic heterocycles. The van der Waals surface area contributed by atoms with Crippen molar-refractivity contribution in [1.82, 2.24) is 5.43 Å². The largest absolute Gasteiger partial charge is 0.493 e. The number of rotatable bonds is 11. The van der Waals surface area contributed by atoms with Gasteiger partial charge >= 0.3 is 5.97 Å². The first-order valence-corrected chi connectivity index (χ1v) is 9.52. The Morgan fingerprint density at radius 3 is 2.43 bits per heavy atom. The van der Waals surface area contributed by atoms with Gasteiger partial charge in [0.25, 0.3) is 5.91 Å². The predicted molar refractivity (Wildman–Crippen MR) is 113 cm³/mol. The van der Waals surface area contributed by atoms with Crippen LogP contribution in [0.4, 0.5) is 0 Å². The number of aromatic carboxylic acids is 1. The Labute approximate surface area is 175 Å². The Morgan fingerprint density at radius 2 is 1.83 bits per heavy atom. The van der Waals surface area contributed by atoms with Crippen molar-refractivity contribution in [2.75, 3.05) is 20.8 Å². The molecule has 2 N–H and O–H groups in total. The number of hydrazone groups is 1. The van der Waals surface area contributed by atoms with E-state index in [0.717, 1.165) is 19.3 Å². The Morgan fingerprint density at radius 1 is 1.10 bits per heavy atom. The number of ether oxygens (including phenoxy) is 3. The van der Waals surface area contributed by atoms with E-state index in [1.54, 1.807) is 6.07 Å². The number of aryl methyl sites for hydroxylation is 1. The molecule has 0 saturated heterocycles. The quantitative estimate of drug-likeness (QED) is 0.432. The third-order valence-electron chi connectivity index (χ3n) is 4.30. The van der Waals surface area contributed by atoms with Crippen LogP contribution in [0.3, 0.4) is 0 Å². The molecule has 0 fully saturated rings. The molecule has 0 saturated carbocycles. The van der Waals surface area contributed by atoms with Crippen LogP contribution in [0.15, 0.2) is 41.5 Å². The van der Waals surface area contributed by atoms with E-state index in [1.165, 1.54) is 32.1 Å². The molecule has 0 radical (unpaired) electrons. The molecule has 8 heteroatoms. The maximum Gasteiger partial charge on any atom is 0.340 e. The SMILES string of the molecule is CCCCc1ccc(OCC(=O)N/N=C/c2ccc(OC)c(OC)c2C(=O)O)cc1. The fraction of sp³-hybridized carbons (Fsp3) is 0.318. The van der Waals surface area contributed by atoms with Crippen LogP contribution in [0.5, 0.6) is 17.2 Å². The Hall–Kier alpha value is -3.55. The number of nitrogens with zero attached hydrogens (tertiary/aromatic N) is 1. The number of carboxylic acids is 1. The molecule has 2 aromatic rings. The maximum atomic E-state index is 11.9. The van der Waals surface area contributed by atoms with Gasteiger partial charge in [-0.25, -0.2) is 10.2 Å². The van der Waals surface area contributed by atoms with Gasteiger partial charge in [0.1, 0.15) is 11.3 Å². The first-order valence-electron chi connectivity index (χ1n) is 9.52. The van der Waals surface area contributed by atoms with E-state index in [-0.39, 0.29) is 29.2 Å². The lowest BCUT2D eigenvalue weighted by atomic mass is 10.1. The minimum atomic E-state index is -1.20. The average Bonchev–Trinajstić information content (AvgIpc) is 2.76. The van der Waals surface area contributed by atoms with Gasteiger partial charge < -0.3 is 19.3 Å². The van der Waals surface area contributed by atoms with Crippen molar-refractivity contribution >= 4 is 18.1 Å². The second-order valence-electron chi connectivity index (χ2n) is 6.40. The predicted octanol–water partition coefficient (Wildman–Crippen LogP) is 3.27. The number of methoxy groups -OCH3 is 2. The van der Waals surface area contributed by atoms with Gasteiger partial charge in [0.05, 0.1) is 20.4 Å². The minimum Gasteiger partial charge on any atom is -0.493 e. The highest BCUT2D eigenvalue weighted by Crippen LogP contribution is 2.32. The third-order valence-corrected chi connectivity index (χ3v) is 4.30. The standard InChI is InChI=1S/C22H26N2O6/c1-4-5-6-15-7-10-17(11-8-15)30-14-19(25)24-23-13-16-9-12-18(28-2)21(29-3)20(16)22(26)27/h7-13H,4-6,14H2,1-3H3,(H,24,25)(H,26,27)/b23-13+.